The van der Waals surface area contributed by atoms with Crippen LogP contribution in [-0.2, 0) is 9.84 Å². The number of amidine groups is 1. The van der Waals surface area contributed by atoms with Crippen molar-refractivity contribution in [1.82, 2.24) is 0 Å². The van der Waals surface area contributed by atoms with E-state index in [0.29, 0.717) is 22.2 Å². The number of aliphatic imine (C=N–C) groups is 1. The standard InChI is InChI=1S/C19H16N2O5S2/c22-18(12-6-7-15-16(8-12)26-11-25-15)20-19-21(13-4-2-1-3-5-13)14-9-28(23,24)10-17(14)27-19/h1-8,14,17H,9-11H2/t14-,17-/m0/s1. The van der Waals surface area contributed by atoms with Crippen LogP contribution >= 0.6 is 11.8 Å². The summed E-state index contributed by atoms with van der Waals surface area (Å²) >= 11 is 1.35. The number of thioether (sulfide) groups is 1. The van der Waals surface area contributed by atoms with Crippen LogP contribution in [0.25, 0.3) is 0 Å². The zero-order valence-corrected chi connectivity index (χ0v) is 16.3. The van der Waals surface area contributed by atoms with Crippen LogP contribution in [0.4, 0.5) is 5.69 Å². The third kappa shape index (κ3) is 3.04. The summed E-state index contributed by atoms with van der Waals surface area (Å²) in [5, 5.41) is 0.396. The molecule has 2 fully saturated rings. The number of hydrogen-bond acceptors (Lipinski definition) is 6. The highest BCUT2D eigenvalue weighted by atomic mass is 32.2. The number of anilines is 1. The Labute approximate surface area is 166 Å². The molecule has 0 spiro atoms. The molecule has 0 unspecified atom stereocenters. The lowest BCUT2D eigenvalue weighted by Crippen LogP contribution is -2.37. The maximum atomic E-state index is 12.8. The highest BCUT2D eigenvalue weighted by Gasteiger charge is 2.49. The lowest BCUT2D eigenvalue weighted by molar-refractivity contribution is 0.100. The summed E-state index contributed by atoms with van der Waals surface area (Å²) in [6.07, 6.45) is 0. The van der Waals surface area contributed by atoms with E-state index in [0.717, 1.165) is 5.69 Å². The molecule has 3 aliphatic rings. The van der Waals surface area contributed by atoms with Gasteiger partial charge in [0.25, 0.3) is 5.91 Å². The smallest absolute Gasteiger partial charge is 0.279 e. The molecule has 144 valence electrons. The van der Waals surface area contributed by atoms with E-state index in [1.807, 2.05) is 35.2 Å². The number of carbonyl (C=O) groups excluding carboxylic acids is 1. The summed E-state index contributed by atoms with van der Waals surface area (Å²) < 4.78 is 34.8. The second kappa shape index (κ2) is 6.52. The van der Waals surface area contributed by atoms with Crippen LogP contribution in [0.1, 0.15) is 10.4 Å². The van der Waals surface area contributed by atoms with Crippen LogP contribution in [0.2, 0.25) is 0 Å². The highest BCUT2D eigenvalue weighted by molar-refractivity contribution is 8.16. The lowest BCUT2D eigenvalue weighted by atomic mass is 10.2. The number of hydrogen-bond donors (Lipinski definition) is 0. The first kappa shape index (κ1) is 17.6. The van der Waals surface area contributed by atoms with Gasteiger partial charge in [0.05, 0.1) is 17.5 Å². The number of sulfone groups is 1. The Balaban J connectivity index is 1.50. The molecule has 1 amide bonds. The van der Waals surface area contributed by atoms with Crippen LogP contribution in [0.3, 0.4) is 0 Å². The van der Waals surface area contributed by atoms with Crippen LogP contribution in [0, 0.1) is 0 Å². The largest absolute Gasteiger partial charge is 0.454 e. The fraction of sp³-hybridized carbons (Fsp3) is 0.263. The van der Waals surface area contributed by atoms with Gasteiger partial charge in [0.1, 0.15) is 0 Å². The molecule has 2 saturated heterocycles. The van der Waals surface area contributed by atoms with E-state index in [2.05, 4.69) is 4.99 Å². The van der Waals surface area contributed by atoms with Crippen molar-refractivity contribution in [2.75, 3.05) is 23.2 Å². The summed E-state index contributed by atoms with van der Waals surface area (Å²) in [5.74, 6) is 0.891. The Morgan fingerprint density at radius 3 is 2.68 bits per heavy atom. The van der Waals surface area contributed by atoms with E-state index < -0.39 is 15.7 Å². The van der Waals surface area contributed by atoms with Gasteiger partial charge in [-0.2, -0.15) is 4.99 Å². The van der Waals surface area contributed by atoms with Crippen molar-refractivity contribution in [2.45, 2.75) is 11.3 Å². The number of rotatable bonds is 2. The van der Waals surface area contributed by atoms with Gasteiger partial charge in [-0.05, 0) is 30.3 Å². The molecule has 28 heavy (non-hydrogen) atoms. The van der Waals surface area contributed by atoms with Crippen molar-refractivity contribution < 1.29 is 22.7 Å². The van der Waals surface area contributed by atoms with Gasteiger partial charge < -0.3 is 14.4 Å². The molecular formula is C19H16N2O5S2. The molecule has 0 radical (unpaired) electrons. The Bertz CT molecular complexity index is 1080. The minimum atomic E-state index is -3.09. The van der Waals surface area contributed by atoms with E-state index >= 15 is 0 Å². The molecule has 5 rings (SSSR count). The van der Waals surface area contributed by atoms with Crippen molar-refractivity contribution in [1.29, 1.82) is 0 Å². The minimum absolute atomic E-state index is 0.0663. The first-order chi connectivity index (χ1) is 13.5. The van der Waals surface area contributed by atoms with Gasteiger partial charge in [-0.25, -0.2) is 8.42 Å². The molecule has 7 nitrogen and oxygen atoms in total. The second-order valence-electron chi connectivity index (χ2n) is 6.77. The molecule has 0 aromatic heterocycles. The summed E-state index contributed by atoms with van der Waals surface area (Å²) in [4.78, 5) is 19.0. The molecule has 0 aliphatic carbocycles. The average Bonchev–Trinajstić information content (AvgIpc) is 3.33. The summed E-state index contributed by atoms with van der Waals surface area (Å²) in [6.45, 7) is 0.136. The minimum Gasteiger partial charge on any atom is -0.454 e. The molecular weight excluding hydrogens is 400 g/mol. The topological polar surface area (TPSA) is 85.3 Å². The first-order valence-electron chi connectivity index (χ1n) is 8.74. The van der Waals surface area contributed by atoms with Crippen molar-refractivity contribution >= 4 is 38.4 Å². The van der Waals surface area contributed by atoms with Gasteiger partial charge in [0.15, 0.2) is 26.5 Å². The first-order valence-corrected chi connectivity index (χ1v) is 11.4. The lowest BCUT2D eigenvalue weighted by Gasteiger charge is -2.24. The van der Waals surface area contributed by atoms with Crippen molar-refractivity contribution in [3.05, 3.63) is 54.1 Å². The Morgan fingerprint density at radius 1 is 1.07 bits per heavy atom. The molecule has 2 atom stereocenters. The predicted molar refractivity (Wildman–Crippen MR) is 107 cm³/mol. The Morgan fingerprint density at radius 2 is 1.86 bits per heavy atom. The fourth-order valence-corrected chi connectivity index (χ4v) is 7.55. The van der Waals surface area contributed by atoms with Gasteiger partial charge in [0, 0.05) is 16.5 Å². The van der Waals surface area contributed by atoms with Crippen LogP contribution in [0.15, 0.2) is 53.5 Å². The van der Waals surface area contributed by atoms with E-state index in [1.54, 1.807) is 18.2 Å². The Hall–Kier alpha value is -2.52. The molecule has 0 N–H and O–H groups in total. The summed E-state index contributed by atoms with van der Waals surface area (Å²) in [6, 6.07) is 14.2. The molecule has 2 aromatic rings. The summed E-state index contributed by atoms with van der Waals surface area (Å²) in [7, 11) is -3.09. The average molecular weight is 416 g/mol. The maximum absolute atomic E-state index is 12.8. The SMILES string of the molecule is O=C(N=C1S[C@H]2CS(=O)(=O)C[C@@H]2N1c1ccccc1)c1ccc2c(c1)OCO2. The quantitative estimate of drug-likeness (QED) is 0.743. The molecule has 3 aliphatic heterocycles. The van der Waals surface area contributed by atoms with E-state index in [9.17, 15) is 13.2 Å². The fourth-order valence-electron chi connectivity index (χ4n) is 3.64. The van der Waals surface area contributed by atoms with Crippen LogP contribution < -0.4 is 14.4 Å². The van der Waals surface area contributed by atoms with Gasteiger partial charge in [-0.15, -0.1) is 0 Å². The molecule has 2 aromatic carbocycles. The van der Waals surface area contributed by atoms with Crippen LogP contribution in [0.5, 0.6) is 11.5 Å². The second-order valence-corrected chi connectivity index (χ2v) is 10.1. The van der Waals surface area contributed by atoms with E-state index in [-0.39, 0.29) is 29.6 Å². The van der Waals surface area contributed by atoms with Gasteiger partial charge in [-0.3, -0.25) is 4.79 Å². The normalized spacial score (nSPS) is 25.9. The van der Waals surface area contributed by atoms with E-state index in [4.69, 9.17) is 9.47 Å². The zero-order valence-electron chi connectivity index (χ0n) is 14.6. The third-order valence-corrected chi connectivity index (χ3v) is 8.13. The maximum Gasteiger partial charge on any atom is 0.279 e. The molecule has 0 bridgehead atoms. The number of ether oxygens (including phenoxy) is 2. The van der Waals surface area contributed by atoms with Crippen LogP contribution in [-0.4, -0.2) is 49.1 Å². The van der Waals surface area contributed by atoms with Crippen molar-refractivity contribution in [3.8, 4) is 11.5 Å². The Kier molecular flexibility index (Phi) is 4.09. The van der Waals surface area contributed by atoms with Gasteiger partial charge in [0.2, 0.25) is 6.79 Å². The monoisotopic (exact) mass is 416 g/mol. The van der Waals surface area contributed by atoms with Crippen molar-refractivity contribution in [2.24, 2.45) is 4.99 Å². The molecule has 0 saturated carbocycles. The molecule has 3 heterocycles. The summed E-state index contributed by atoms with van der Waals surface area (Å²) in [5.41, 5.74) is 1.23. The number of benzene rings is 2. The number of nitrogens with zero attached hydrogens (tertiary/aromatic N) is 2. The van der Waals surface area contributed by atoms with Gasteiger partial charge in [-0.1, -0.05) is 30.0 Å². The number of amides is 1. The number of para-hydroxylation sites is 1. The highest BCUT2D eigenvalue weighted by Crippen LogP contribution is 2.41. The number of carbonyl (C=O) groups is 1. The third-order valence-electron chi connectivity index (χ3n) is 4.92. The van der Waals surface area contributed by atoms with Gasteiger partial charge >= 0.3 is 0 Å². The van der Waals surface area contributed by atoms with Crippen molar-refractivity contribution in [3.63, 3.8) is 0 Å². The molecule has 9 heteroatoms. The predicted octanol–water partition coefficient (Wildman–Crippen LogP) is 2.33. The number of fused-ring (bicyclic) bond motifs is 2. The van der Waals surface area contributed by atoms with E-state index in [1.165, 1.54) is 11.8 Å². The zero-order chi connectivity index (χ0) is 19.3.